The Kier molecular flexibility index (Phi) is 2.30. The lowest BCUT2D eigenvalue weighted by molar-refractivity contribution is -0.140. The van der Waals surface area contributed by atoms with Gasteiger partial charge in [-0.25, -0.2) is 4.39 Å². The number of hydrogen-bond acceptors (Lipinski definition) is 2. The van der Waals surface area contributed by atoms with E-state index in [1.165, 1.54) is 0 Å². The zero-order valence-corrected chi connectivity index (χ0v) is 7.49. The fraction of sp³-hybridized carbons (Fsp3) is 0.333. The van der Waals surface area contributed by atoms with Crippen LogP contribution in [0.3, 0.4) is 0 Å². The summed E-state index contributed by atoms with van der Waals surface area (Å²) in [5.74, 6) is -1.14. The minimum Gasteiger partial charge on any atom is -0.478 e. The highest BCUT2D eigenvalue weighted by atomic mass is 19.4. The summed E-state index contributed by atoms with van der Waals surface area (Å²) >= 11 is 0. The molecule has 2 rings (SSSR count). The summed E-state index contributed by atoms with van der Waals surface area (Å²) in [5.41, 5.74) is -0.941. The van der Waals surface area contributed by atoms with Crippen molar-refractivity contribution in [2.45, 2.75) is 12.7 Å². The highest BCUT2D eigenvalue weighted by Gasteiger charge is 2.35. The molecule has 0 atom stereocenters. The molecule has 15 heavy (non-hydrogen) atoms. The van der Waals surface area contributed by atoms with E-state index in [0.29, 0.717) is 5.56 Å². The number of hydrogen-bond donors (Lipinski definition) is 1. The first-order valence-corrected chi connectivity index (χ1v) is 4.21. The fourth-order valence-corrected chi connectivity index (χ4v) is 1.40. The Balaban J connectivity index is 2.50. The molecule has 0 amide bonds. The van der Waals surface area contributed by atoms with Gasteiger partial charge in [0.2, 0.25) is 0 Å². The van der Waals surface area contributed by atoms with Crippen LogP contribution in [0, 0.1) is 5.82 Å². The highest BCUT2D eigenvalue weighted by molar-refractivity contribution is 5.40. The van der Waals surface area contributed by atoms with Crippen LogP contribution in [-0.2, 0) is 12.7 Å². The van der Waals surface area contributed by atoms with Crippen molar-refractivity contribution in [2.24, 2.45) is 0 Å². The molecule has 0 bridgehead atoms. The molecule has 0 spiro atoms. The normalized spacial score (nSPS) is 15.7. The van der Waals surface area contributed by atoms with E-state index in [0.717, 1.165) is 12.1 Å². The van der Waals surface area contributed by atoms with Crippen molar-refractivity contribution >= 4 is 0 Å². The smallest absolute Gasteiger partial charge is 0.419 e. The second-order valence-electron chi connectivity index (χ2n) is 3.15. The average molecular weight is 221 g/mol. The van der Waals surface area contributed by atoms with Gasteiger partial charge in [0.05, 0.1) is 5.56 Å². The molecule has 2 nitrogen and oxygen atoms in total. The lowest BCUT2D eigenvalue weighted by Crippen LogP contribution is -2.26. The highest BCUT2D eigenvalue weighted by Crippen LogP contribution is 2.35. The molecule has 1 aliphatic heterocycles. The summed E-state index contributed by atoms with van der Waals surface area (Å²) in [5, 5.41) is 2.73. The summed E-state index contributed by atoms with van der Waals surface area (Å²) in [6.07, 6.45) is -4.67. The molecule has 82 valence electrons. The second-order valence-corrected chi connectivity index (χ2v) is 3.15. The minimum atomic E-state index is -4.67. The zero-order chi connectivity index (χ0) is 11.1. The molecule has 0 fully saturated rings. The van der Waals surface area contributed by atoms with Gasteiger partial charge in [0.15, 0.2) is 0 Å². The summed E-state index contributed by atoms with van der Waals surface area (Å²) in [4.78, 5) is 0. The predicted molar refractivity (Wildman–Crippen MR) is 43.7 cm³/mol. The lowest BCUT2D eigenvalue weighted by atomic mass is 10.1. The first-order valence-electron chi connectivity index (χ1n) is 4.21. The average Bonchev–Trinajstić information content (AvgIpc) is 2.15. The van der Waals surface area contributed by atoms with Gasteiger partial charge >= 0.3 is 6.18 Å². The topological polar surface area (TPSA) is 21.3 Å². The number of ether oxygens (including phenoxy) is 1. The molecule has 1 aliphatic rings. The van der Waals surface area contributed by atoms with Gasteiger partial charge in [0.25, 0.3) is 0 Å². The molecule has 1 aromatic carbocycles. The summed E-state index contributed by atoms with van der Waals surface area (Å²) in [6.45, 7) is 0.427. The largest absolute Gasteiger partial charge is 0.478 e. The second kappa shape index (κ2) is 3.37. The quantitative estimate of drug-likeness (QED) is 0.678. The van der Waals surface area contributed by atoms with Crippen LogP contribution >= 0.6 is 0 Å². The first-order chi connectivity index (χ1) is 6.98. The third-order valence-electron chi connectivity index (χ3n) is 2.10. The molecule has 6 heteroatoms. The minimum absolute atomic E-state index is 0.166. The monoisotopic (exact) mass is 221 g/mol. The number of nitrogens with one attached hydrogen (secondary N) is 1. The summed E-state index contributed by atoms with van der Waals surface area (Å²) in [6, 6.07) is 1.55. The van der Waals surface area contributed by atoms with Crippen LogP contribution in [0.25, 0.3) is 0 Å². The molecule has 0 radical (unpaired) electrons. The Morgan fingerprint density at radius 2 is 2.00 bits per heavy atom. The van der Waals surface area contributed by atoms with E-state index in [1.54, 1.807) is 0 Å². The summed E-state index contributed by atoms with van der Waals surface area (Å²) < 4.78 is 55.0. The Labute approximate surface area is 82.8 Å². The van der Waals surface area contributed by atoms with Gasteiger partial charge in [-0.2, -0.15) is 13.2 Å². The molecule has 0 saturated carbocycles. The van der Waals surface area contributed by atoms with Gasteiger partial charge in [0, 0.05) is 18.2 Å². The number of benzene rings is 1. The molecule has 1 heterocycles. The SMILES string of the molecule is Fc1cc2c(cc1C(F)(F)F)CNCO2. The Bertz CT molecular complexity index is 388. The van der Waals surface area contributed by atoms with Crippen LogP contribution in [0.1, 0.15) is 11.1 Å². The van der Waals surface area contributed by atoms with Crippen LogP contribution < -0.4 is 10.1 Å². The maximum atomic E-state index is 13.1. The van der Waals surface area contributed by atoms with Crippen molar-refractivity contribution in [1.29, 1.82) is 0 Å². The molecule has 0 unspecified atom stereocenters. The molecule has 0 aliphatic carbocycles. The third-order valence-corrected chi connectivity index (χ3v) is 2.10. The maximum absolute atomic E-state index is 13.1. The zero-order valence-electron chi connectivity index (χ0n) is 7.49. The van der Waals surface area contributed by atoms with Crippen molar-refractivity contribution < 1.29 is 22.3 Å². The summed E-state index contributed by atoms with van der Waals surface area (Å²) in [7, 11) is 0. The van der Waals surface area contributed by atoms with Crippen LogP contribution in [-0.4, -0.2) is 6.73 Å². The number of fused-ring (bicyclic) bond motifs is 1. The molecule has 1 N–H and O–H groups in total. The van der Waals surface area contributed by atoms with E-state index in [2.05, 4.69) is 5.32 Å². The van der Waals surface area contributed by atoms with Crippen molar-refractivity contribution in [1.82, 2.24) is 5.32 Å². The lowest BCUT2D eigenvalue weighted by Gasteiger charge is -2.20. The standard InChI is InChI=1S/C9H7F4NO/c10-7-2-8-5(3-14-4-15-8)1-6(7)9(11,12)13/h1-2,14H,3-4H2. The van der Waals surface area contributed by atoms with Crippen LogP contribution in [0.15, 0.2) is 12.1 Å². The number of halogens is 4. The van der Waals surface area contributed by atoms with E-state index >= 15 is 0 Å². The molecule has 1 aromatic rings. The van der Waals surface area contributed by atoms with E-state index in [4.69, 9.17) is 4.74 Å². The Hall–Kier alpha value is -1.30. The fourth-order valence-electron chi connectivity index (χ4n) is 1.40. The van der Waals surface area contributed by atoms with Gasteiger partial charge in [-0.3, -0.25) is 5.32 Å². The number of rotatable bonds is 0. The molecular formula is C9H7F4NO. The number of alkyl halides is 3. The van der Waals surface area contributed by atoms with Crippen molar-refractivity contribution in [3.05, 3.63) is 29.1 Å². The Morgan fingerprint density at radius 3 is 2.67 bits per heavy atom. The van der Waals surface area contributed by atoms with E-state index in [9.17, 15) is 17.6 Å². The van der Waals surface area contributed by atoms with Crippen LogP contribution in [0.5, 0.6) is 5.75 Å². The van der Waals surface area contributed by atoms with E-state index in [-0.39, 0.29) is 19.0 Å². The predicted octanol–water partition coefficient (Wildman–Crippen LogP) is 2.28. The maximum Gasteiger partial charge on any atom is 0.419 e. The van der Waals surface area contributed by atoms with Gasteiger partial charge < -0.3 is 4.74 Å². The molecular weight excluding hydrogens is 214 g/mol. The van der Waals surface area contributed by atoms with Crippen LogP contribution in [0.4, 0.5) is 17.6 Å². The van der Waals surface area contributed by atoms with Crippen molar-refractivity contribution in [2.75, 3.05) is 6.73 Å². The van der Waals surface area contributed by atoms with E-state index in [1.807, 2.05) is 0 Å². The molecule has 0 saturated heterocycles. The van der Waals surface area contributed by atoms with Crippen molar-refractivity contribution in [3.8, 4) is 5.75 Å². The van der Waals surface area contributed by atoms with Gasteiger partial charge in [0.1, 0.15) is 18.3 Å². The van der Waals surface area contributed by atoms with Crippen molar-refractivity contribution in [3.63, 3.8) is 0 Å². The molecule has 0 aromatic heterocycles. The Morgan fingerprint density at radius 1 is 1.27 bits per heavy atom. The third kappa shape index (κ3) is 1.90. The van der Waals surface area contributed by atoms with Gasteiger partial charge in [-0.15, -0.1) is 0 Å². The van der Waals surface area contributed by atoms with Crippen LogP contribution in [0.2, 0.25) is 0 Å². The van der Waals surface area contributed by atoms with Gasteiger partial charge in [-0.05, 0) is 6.07 Å². The van der Waals surface area contributed by atoms with E-state index < -0.39 is 17.6 Å². The first kappa shape index (κ1) is 10.2. The van der Waals surface area contributed by atoms with Gasteiger partial charge in [-0.1, -0.05) is 0 Å².